The molecule has 1 aliphatic rings. The summed E-state index contributed by atoms with van der Waals surface area (Å²) in [5.74, 6) is 0.746. The van der Waals surface area contributed by atoms with Gasteiger partial charge in [-0.3, -0.25) is 0 Å². The average molecular weight is 430 g/mol. The Kier molecular flexibility index (Phi) is 5.64. The van der Waals surface area contributed by atoms with E-state index >= 15 is 0 Å². The molecule has 1 aliphatic carbocycles. The molecular weight excluding hydrogens is 408 g/mol. The highest BCUT2D eigenvalue weighted by Crippen LogP contribution is 2.43. The molecule has 2 aromatic carbocycles. The van der Waals surface area contributed by atoms with E-state index in [0.29, 0.717) is 5.56 Å². The predicted molar refractivity (Wildman–Crippen MR) is 121 cm³/mol. The Morgan fingerprint density at radius 2 is 1.87 bits per heavy atom. The highest BCUT2D eigenvalue weighted by Gasteiger charge is 2.24. The average Bonchev–Trinajstić information content (AvgIpc) is 3.10. The minimum absolute atomic E-state index is 0. The van der Waals surface area contributed by atoms with Gasteiger partial charge < -0.3 is 12.4 Å². The molecule has 2 nitrogen and oxygen atoms in total. The van der Waals surface area contributed by atoms with Gasteiger partial charge in [0, 0.05) is 15.8 Å². The zero-order chi connectivity index (χ0) is 20.0. The molecule has 2 heterocycles. The lowest BCUT2D eigenvalue weighted by Crippen LogP contribution is -3.00. The Morgan fingerprint density at radius 1 is 1.07 bits per heavy atom. The summed E-state index contributed by atoms with van der Waals surface area (Å²) in [5.41, 5.74) is 8.03. The summed E-state index contributed by atoms with van der Waals surface area (Å²) in [6.07, 6.45) is 3.56. The van der Waals surface area contributed by atoms with Crippen molar-refractivity contribution in [1.82, 2.24) is 4.98 Å². The second kappa shape index (κ2) is 8.22. The molecule has 0 spiro atoms. The van der Waals surface area contributed by atoms with Crippen molar-refractivity contribution in [3.8, 4) is 28.5 Å². The highest BCUT2D eigenvalue weighted by atomic mass is 35.5. The fourth-order valence-corrected chi connectivity index (χ4v) is 5.75. The SMILES string of the molecule is Cc1cccc(-c2cc(-c3ccc(C#N)cc3)nc3sc4c(c23)CCC(C)C4)c1.[Cl-]. The number of pyridine rings is 1. The molecule has 4 heteroatoms. The fraction of sp³-hybridized carbons (Fsp3) is 0.231. The summed E-state index contributed by atoms with van der Waals surface area (Å²) in [6.45, 7) is 4.50. The number of hydrogen-bond donors (Lipinski definition) is 0. The molecular formula is C26H22ClN2S-. The van der Waals surface area contributed by atoms with Gasteiger partial charge in [0.25, 0.3) is 0 Å². The van der Waals surface area contributed by atoms with E-state index in [1.54, 1.807) is 0 Å². The summed E-state index contributed by atoms with van der Waals surface area (Å²) < 4.78 is 0. The van der Waals surface area contributed by atoms with Crippen LogP contribution in [0.3, 0.4) is 0 Å². The Hall–Kier alpha value is -2.67. The molecule has 0 N–H and O–H groups in total. The second-order valence-electron chi connectivity index (χ2n) is 8.15. The lowest BCUT2D eigenvalue weighted by Gasteiger charge is -2.18. The first kappa shape index (κ1) is 20.6. The van der Waals surface area contributed by atoms with Gasteiger partial charge in [0.05, 0.1) is 17.3 Å². The number of aromatic nitrogens is 1. The van der Waals surface area contributed by atoms with E-state index in [0.717, 1.165) is 34.8 Å². The van der Waals surface area contributed by atoms with Crippen LogP contribution in [0.1, 0.15) is 34.9 Å². The smallest absolute Gasteiger partial charge is 0.125 e. The van der Waals surface area contributed by atoms with Crippen molar-refractivity contribution in [3.05, 3.63) is 76.2 Å². The highest BCUT2D eigenvalue weighted by molar-refractivity contribution is 7.19. The maximum absolute atomic E-state index is 9.11. The summed E-state index contributed by atoms with van der Waals surface area (Å²) in [4.78, 5) is 7.73. The van der Waals surface area contributed by atoms with Crippen LogP contribution >= 0.6 is 11.3 Å². The quantitative estimate of drug-likeness (QED) is 0.484. The molecule has 0 saturated carbocycles. The third-order valence-electron chi connectivity index (χ3n) is 5.90. The third-order valence-corrected chi connectivity index (χ3v) is 7.05. The van der Waals surface area contributed by atoms with Crippen LogP contribution in [-0.4, -0.2) is 4.98 Å². The lowest BCUT2D eigenvalue weighted by molar-refractivity contribution is -0.00000604. The molecule has 0 radical (unpaired) electrons. The molecule has 0 fully saturated rings. The van der Waals surface area contributed by atoms with E-state index < -0.39 is 0 Å². The molecule has 0 aliphatic heterocycles. The molecule has 1 atom stereocenters. The van der Waals surface area contributed by atoms with Gasteiger partial charge in [0.15, 0.2) is 0 Å². The van der Waals surface area contributed by atoms with Crippen molar-refractivity contribution in [2.45, 2.75) is 33.1 Å². The van der Waals surface area contributed by atoms with E-state index in [4.69, 9.17) is 10.2 Å². The minimum atomic E-state index is 0. The molecule has 0 amide bonds. The van der Waals surface area contributed by atoms with E-state index in [1.807, 2.05) is 35.6 Å². The number of thiophene rings is 1. The number of nitrogens with zero attached hydrogens (tertiary/aromatic N) is 2. The maximum atomic E-state index is 9.11. The maximum Gasteiger partial charge on any atom is 0.125 e. The zero-order valence-corrected chi connectivity index (χ0v) is 18.6. The topological polar surface area (TPSA) is 36.7 Å². The monoisotopic (exact) mass is 429 g/mol. The first-order valence-corrected chi connectivity index (χ1v) is 11.0. The minimum Gasteiger partial charge on any atom is -1.00 e. The standard InChI is InChI=1S/C26H22N2S.ClH/c1-16-4-3-5-20(12-16)22-14-23(19-9-7-18(15-27)8-10-19)28-26-25(22)21-11-6-17(2)13-24(21)29-26;/h3-5,7-10,12,14,17H,6,11,13H2,1-2H3;1H/p-1. The molecule has 150 valence electrons. The summed E-state index contributed by atoms with van der Waals surface area (Å²) in [5, 5.41) is 10.5. The Morgan fingerprint density at radius 3 is 2.60 bits per heavy atom. The van der Waals surface area contributed by atoms with Crippen molar-refractivity contribution in [2.24, 2.45) is 5.92 Å². The Bertz CT molecular complexity index is 1260. The molecule has 30 heavy (non-hydrogen) atoms. The van der Waals surface area contributed by atoms with Crippen molar-refractivity contribution in [2.75, 3.05) is 0 Å². The van der Waals surface area contributed by atoms with Crippen LogP contribution in [0.2, 0.25) is 0 Å². The van der Waals surface area contributed by atoms with Crippen LogP contribution in [0.25, 0.3) is 32.6 Å². The molecule has 2 aromatic heterocycles. The van der Waals surface area contributed by atoms with Gasteiger partial charge in [0.1, 0.15) is 4.83 Å². The normalized spacial score (nSPS) is 15.3. The molecule has 5 rings (SSSR count). The number of aryl methyl sites for hydroxylation is 2. The van der Waals surface area contributed by atoms with Crippen molar-refractivity contribution in [3.63, 3.8) is 0 Å². The molecule has 0 bridgehead atoms. The van der Waals surface area contributed by atoms with Crippen LogP contribution in [0.5, 0.6) is 0 Å². The van der Waals surface area contributed by atoms with Crippen molar-refractivity contribution in [1.29, 1.82) is 5.26 Å². The van der Waals surface area contributed by atoms with Gasteiger partial charge in [-0.2, -0.15) is 5.26 Å². The van der Waals surface area contributed by atoms with Gasteiger partial charge in [-0.05, 0) is 67.0 Å². The largest absolute Gasteiger partial charge is 1.00 e. The first-order chi connectivity index (χ1) is 14.1. The van der Waals surface area contributed by atoms with Gasteiger partial charge in [0.2, 0.25) is 0 Å². The zero-order valence-electron chi connectivity index (χ0n) is 17.1. The van der Waals surface area contributed by atoms with Gasteiger partial charge in [-0.15, -0.1) is 11.3 Å². The van der Waals surface area contributed by atoms with E-state index in [1.165, 1.54) is 38.9 Å². The predicted octanol–water partition coefficient (Wildman–Crippen LogP) is 3.94. The van der Waals surface area contributed by atoms with E-state index in [-0.39, 0.29) is 12.4 Å². The van der Waals surface area contributed by atoms with Gasteiger partial charge in [-0.25, -0.2) is 4.98 Å². The van der Waals surface area contributed by atoms with Crippen LogP contribution in [0.4, 0.5) is 0 Å². The van der Waals surface area contributed by atoms with Crippen LogP contribution in [0.15, 0.2) is 54.6 Å². The number of nitriles is 1. The number of rotatable bonds is 2. The van der Waals surface area contributed by atoms with Crippen molar-refractivity contribution < 1.29 is 12.4 Å². The number of benzene rings is 2. The van der Waals surface area contributed by atoms with Crippen LogP contribution in [0, 0.1) is 24.2 Å². The van der Waals surface area contributed by atoms with Gasteiger partial charge >= 0.3 is 0 Å². The number of hydrogen-bond acceptors (Lipinski definition) is 3. The molecule has 4 aromatic rings. The third kappa shape index (κ3) is 3.62. The Labute approximate surface area is 187 Å². The summed E-state index contributed by atoms with van der Waals surface area (Å²) >= 11 is 1.87. The fourth-order valence-electron chi connectivity index (χ4n) is 4.35. The Balaban J connectivity index is 0.00000218. The number of halogens is 1. The van der Waals surface area contributed by atoms with E-state index in [2.05, 4.69) is 50.2 Å². The first-order valence-electron chi connectivity index (χ1n) is 10.2. The van der Waals surface area contributed by atoms with Gasteiger partial charge in [-0.1, -0.05) is 48.9 Å². The number of fused-ring (bicyclic) bond motifs is 3. The second-order valence-corrected chi connectivity index (χ2v) is 9.23. The summed E-state index contributed by atoms with van der Waals surface area (Å²) in [6, 6.07) is 20.9. The van der Waals surface area contributed by atoms with E-state index in [9.17, 15) is 0 Å². The molecule has 0 saturated heterocycles. The molecule has 1 unspecified atom stereocenters. The lowest BCUT2D eigenvalue weighted by atomic mass is 9.87. The van der Waals surface area contributed by atoms with Crippen LogP contribution in [-0.2, 0) is 12.8 Å². The van der Waals surface area contributed by atoms with Crippen molar-refractivity contribution >= 4 is 21.6 Å². The summed E-state index contributed by atoms with van der Waals surface area (Å²) in [7, 11) is 0. The van der Waals surface area contributed by atoms with Crippen LogP contribution < -0.4 is 12.4 Å².